The molecule has 204 valence electrons. The summed E-state index contributed by atoms with van der Waals surface area (Å²) in [6, 6.07) is 4.80. The fraction of sp³-hybridized carbons (Fsp3) is 0.714. The molecule has 3 N–H and O–H groups in total. The van der Waals surface area contributed by atoms with E-state index in [0.717, 1.165) is 37.3 Å². The molecule has 5 rings (SSSR count). The lowest BCUT2D eigenvalue weighted by Gasteiger charge is -2.35. The Hall–Kier alpha value is -2.42. The summed E-state index contributed by atoms with van der Waals surface area (Å²) in [7, 11) is 0. The molecule has 1 spiro atoms. The third kappa shape index (κ3) is 5.71. The van der Waals surface area contributed by atoms with Crippen LogP contribution in [0, 0.1) is 5.41 Å². The van der Waals surface area contributed by atoms with Crippen LogP contribution in [0.5, 0.6) is 0 Å². The smallest absolute Gasteiger partial charge is 0.254 e. The molecule has 1 aromatic rings. The van der Waals surface area contributed by atoms with E-state index in [-0.39, 0.29) is 37.3 Å². The molecule has 2 heterocycles. The van der Waals surface area contributed by atoms with Gasteiger partial charge in [0.25, 0.3) is 5.91 Å². The van der Waals surface area contributed by atoms with Gasteiger partial charge in [-0.05, 0) is 82.4 Å². The van der Waals surface area contributed by atoms with Gasteiger partial charge in [0.2, 0.25) is 11.8 Å². The van der Waals surface area contributed by atoms with E-state index in [0.29, 0.717) is 36.8 Å². The number of likely N-dealkylation sites (tertiary alicyclic amines) is 1. The summed E-state index contributed by atoms with van der Waals surface area (Å²) in [6.07, 6.45) is 5.53. The van der Waals surface area contributed by atoms with Crippen LogP contribution < -0.4 is 15.5 Å². The average molecular weight is 519 g/mol. The number of hydrogen-bond acceptors (Lipinski definition) is 5. The molecule has 2 saturated heterocycles. The van der Waals surface area contributed by atoms with Gasteiger partial charge in [-0.25, -0.2) is 8.78 Å². The normalized spacial score (nSPS) is 25.4. The van der Waals surface area contributed by atoms with Gasteiger partial charge in [0.15, 0.2) is 0 Å². The zero-order valence-electron chi connectivity index (χ0n) is 22.0. The van der Waals surface area contributed by atoms with E-state index < -0.39 is 17.5 Å². The quantitative estimate of drug-likeness (QED) is 0.505. The van der Waals surface area contributed by atoms with Crippen molar-refractivity contribution in [1.82, 2.24) is 10.2 Å². The van der Waals surface area contributed by atoms with Crippen molar-refractivity contribution >= 4 is 23.2 Å². The molecule has 1 unspecified atom stereocenters. The van der Waals surface area contributed by atoms with Gasteiger partial charge in [-0.1, -0.05) is 0 Å². The summed E-state index contributed by atoms with van der Waals surface area (Å²) in [5.41, 5.74) is 2.18. The number of halogens is 2. The van der Waals surface area contributed by atoms with Crippen LogP contribution in [-0.4, -0.2) is 71.6 Å². The van der Waals surface area contributed by atoms with Crippen LogP contribution in [0.4, 0.5) is 20.2 Å². The second-order valence-corrected chi connectivity index (χ2v) is 12.3. The Morgan fingerprint density at radius 3 is 2.35 bits per heavy atom. The molecule has 4 aliphatic rings. The number of anilines is 2. The monoisotopic (exact) mass is 518 g/mol. The molecule has 2 aliphatic heterocycles. The number of rotatable bonds is 7. The first-order valence-corrected chi connectivity index (χ1v) is 13.8. The lowest BCUT2D eigenvalue weighted by molar-refractivity contribution is -0.134. The lowest BCUT2D eigenvalue weighted by atomic mass is 9.91. The third-order valence-corrected chi connectivity index (χ3v) is 8.91. The maximum atomic E-state index is 13.6. The van der Waals surface area contributed by atoms with Gasteiger partial charge in [-0.2, -0.15) is 0 Å². The van der Waals surface area contributed by atoms with Gasteiger partial charge in [0.1, 0.15) is 6.04 Å². The summed E-state index contributed by atoms with van der Waals surface area (Å²) in [5, 5.41) is 16.0. The number of aliphatic hydroxyl groups is 1. The molecule has 0 bridgehead atoms. The van der Waals surface area contributed by atoms with Crippen molar-refractivity contribution in [2.24, 2.45) is 5.41 Å². The summed E-state index contributed by atoms with van der Waals surface area (Å²) in [5.74, 6) is -3.09. The van der Waals surface area contributed by atoms with Crippen molar-refractivity contribution in [3.63, 3.8) is 0 Å². The second-order valence-electron chi connectivity index (χ2n) is 12.3. The molecular weight excluding hydrogens is 478 g/mol. The number of piperidine rings is 1. The minimum atomic E-state index is -2.63. The minimum absolute atomic E-state index is 0.0320. The van der Waals surface area contributed by atoms with Crippen molar-refractivity contribution in [2.75, 3.05) is 36.5 Å². The number of nitrogens with zero attached hydrogens (tertiary/aromatic N) is 2. The predicted octanol–water partition coefficient (Wildman–Crippen LogP) is 4.16. The van der Waals surface area contributed by atoms with Crippen molar-refractivity contribution in [3.05, 3.63) is 23.8 Å². The Balaban J connectivity index is 1.30. The summed E-state index contributed by atoms with van der Waals surface area (Å²) >= 11 is 0. The van der Waals surface area contributed by atoms with Crippen LogP contribution >= 0.6 is 0 Å². The lowest BCUT2D eigenvalue weighted by Crippen LogP contribution is -2.46. The molecule has 7 nitrogen and oxygen atoms in total. The van der Waals surface area contributed by atoms with E-state index in [1.807, 2.05) is 26.0 Å². The number of amides is 2. The highest BCUT2D eigenvalue weighted by molar-refractivity contribution is 6.03. The number of alkyl halides is 2. The average Bonchev–Trinajstić information content (AvgIpc) is 3.52. The summed E-state index contributed by atoms with van der Waals surface area (Å²) in [4.78, 5) is 30.6. The van der Waals surface area contributed by atoms with E-state index in [1.54, 1.807) is 11.0 Å². The molecule has 2 saturated carbocycles. The minimum Gasteiger partial charge on any atom is -0.394 e. The maximum absolute atomic E-state index is 13.6. The predicted molar refractivity (Wildman–Crippen MR) is 139 cm³/mol. The molecule has 0 radical (unpaired) electrons. The Labute approximate surface area is 218 Å². The fourth-order valence-electron chi connectivity index (χ4n) is 6.16. The molecule has 2 amide bonds. The van der Waals surface area contributed by atoms with Gasteiger partial charge in [-0.15, -0.1) is 0 Å². The number of benzene rings is 1. The summed E-state index contributed by atoms with van der Waals surface area (Å²) < 4.78 is 27.2. The highest BCUT2D eigenvalue weighted by Crippen LogP contribution is 2.54. The third-order valence-electron chi connectivity index (χ3n) is 8.91. The molecule has 9 heteroatoms. The highest BCUT2D eigenvalue weighted by Gasteiger charge is 2.45. The van der Waals surface area contributed by atoms with Crippen molar-refractivity contribution in [1.29, 1.82) is 0 Å². The number of hydrogen-bond donors (Lipinski definition) is 3. The second kappa shape index (κ2) is 9.71. The molecule has 2 aliphatic carbocycles. The number of carbonyl (C=O) groups is 2. The standard InChI is InChI=1S/C28H40F2N4O3/c1-26(2,18-35)32-19-3-4-21(23(17-19)33-15-12-27(10-11-27)13-16-33)24(36)31-22-7-14-34(25(22)37)20-5-8-28(29,30)9-6-20/h3-4,17,20,22,32,35H,5-16,18H2,1-2H3,(H,31,36). The van der Waals surface area contributed by atoms with E-state index in [4.69, 9.17) is 0 Å². The van der Waals surface area contributed by atoms with Gasteiger partial charge >= 0.3 is 0 Å². The topological polar surface area (TPSA) is 84.9 Å². The Morgan fingerprint density at radius 1 is 1.05 bits per heavy atom. The molecule has 37 heavy (non-hydrogen) atoms. The van der Waals surface area contributed by atoms with Crippen molar-refractivity contribution in [2.45, 2.75) is 95.2 Å². The zero-order valence-corrected chi connectivity index (χ0v) is 22.0. The molecule has 0 aromatic heterocycles. The van der Waals surface area contributed by atoms with Gasteiger partial charge in [0, 0.05) is 44.2 Å². The van der Waals surface area contributed by atoms with E-state index in [1.165, 1.54) is 12.8 Å². The van der Waals surface area contributed by atoms with Crippen LogP contribution in [0.15, 0.2) is 18.2 Å². The van der Waals surface area contributed by atoms with Crippen LogP contribution in [-0.2, 0) is 4.79 Å². The number of carbonyl (C=O) groups excluding carboxylic acids is 2. The van der Waals surface area contributed by atoms with E-state index >= 15 is 0 Å². The van der Waals surface area contributed by atoms with E-state index in [2.05, 4.69) is 15.5 Å². The first-order chi connectivity index (χ1) is 17.5. The maximum Gasteiger partial charge on any atom is 0.254 e. The van der Waals surface area contributed by atoms with Crippen LogP contribution in [0.25, 0.3) is 0 Å². The Bertz CT molecular complexity index is 1020. The first-order valence-electron chi connectivity index (χ1n) is 13.8. The molecular formula is C28H40F2N4O3. The largest absolute Gasteiger partial charge is 0.394 e. The van der Waals surface area contributed by atoms with Gasteiger partial charge in [0.05, 0.1) is 23.4 Å². The highest BCUT2D eigenvalue weighted by atomic mass is 19.3. The van der Waals surface area contributed by atoms with Crippen LogP contribution in [0.2, 0.25) is 0 Å². The van der Waals surface area contributed by atoms with E-state index in [9.17, 15) is 23.5 Å². The zero-order chi connectivity index (χ0) is 26.4. The molecule has 1 atom stereocenters. The first kappa shape index (κ1) is 26.2. The van der Waals surface area contributed by atoms with Gasteiger partial charge in [-0.3, -0.25) is 9.59 Å². The van der Waals surface area contributed by atoms with Crippen molar-refractivity contribution < 1.29 is 23.5 Å². The summed E-state index contributed by atoms with van der Waals surface area (Å²) in [6.45, 7) is 6.05. The number of nitrogens with one attached hydrogen (secondary N) is 2. The molecule has 1 aromatic carbocycles. The Morgan fingerprint density at radius 2 is 1.73 bits per heavy atom. The van der Waals surface area contributed by atoms with Crippen LogP contribution in [0.1, 0.15) is 82.0 Å². The van der Waals surface area contributed by atoms with Crippen LogP contribution in [0.3, 0.4) is 0 Å². The SMILES string of the molecule is CC(C)(CO)Nc1ccc(C(=O)NC2CCN(C3CCC(F)(F)CC3)C2=O)c(N2CCC3(CC2)CC3)c1. The molecule has 4 fully saturated rings. The van der Waals surface area contributed by atoms with Gasteiger partial charge < -0.3 is 25.5 Å². The fourth-order valence-corrected chi connectivity index (χ4v) is 6.16. The number of aliphatic hydroxyl groups excluding tert-OH is 1. The Kier molecular flexibility index (Phi) is 6.88. The van der Waals surface area contributed by atoms with Crippen molar-refractivity contribution in [3.8, 4) is 0 Å².